The average molecular weight is 277 g/mol. The number of nitrogens with zero attached hydrogens (tertiary/aromatic N) is 3. The highest BCUT2D eigenvalue weighted by Crippen LogP contribution is 2.39. The minimum atomic E-state index is 0.411. The number of nitrogens with two attached hydrogens (primary N) is 1. The van der Waals surface area contributed by atoms with Gasteiger partial charge < -0.3 is 10.7 Å². The standard InChI is InChI=1S/C16H15N5/c17-15-14(20-12(8-18-15)11-6-7-11)16-19-9-13(21-16)10-4-2-1-3-5-10/h1-5,8-9,11H,6-7H2,(H2,17,18)(H,19,21). The number of nitrogen functional groups attached to an aromatic ring is 1. The highest BCUT2D eigenvalue weighted by atomic mass is 15.0. The van der Waals surface area contributed by atoms with Gasteiger partial charge in [0.2, 0.25) is 0 Å². The van der Waals surface area contributed by atoms with Gasteiger partial charge in [0.25, 0.3) is 0 Å². The van der Waals surface area contributed by atoms with Crippen molar-refractivity contribution in [2.45, 2.75) is 18.8 Å². The smallest absolute Gasteiger partial charge is 0.160 e. The van der Waals surface area contributed by atoms with Crippen LogP contribution in [0.25, 0.3) is 22.8 Å². The molecule has 0 bridgehead atoms. The first-order valence-electron chi connectivity index (χ1n) is 7.04. The predicted octanol–water partition coefficient (Wildman–Crippen LogP) is 2.99. The molecule has 0 amide bonds. The van der Waals surface area contributed by atoms with Crippen molar-refractivity contribution in [3.63, 3.8) is 0 Å². The molecule has 3 aromatic rings. The molecule has 1 aliphatic rings. The Morgan fingerprint density at radius 2 is 1.86 bits per heavy atom. The van der Waals surface area contributed by atoms with Crippen molar-refractivity contribution >= 4 is 5.82 Å². The van der Waals surface area contributed by atoms with Crippen LogP contribution in [0.4, 0.5) is 5.82 Å². The molecule has 5 nitrogen and oxygen atoms in total. The first kappa shape index (κ1) is 12.1. The Bertz CT molecular complexity index is 774. The normalized spacial score (nSPS) is 14.3. The fourth-order valence-electron chi connectivity index (χ4n) is 2.37. The van der Waals surface area contributed by atoms with E-state index < -0.39 is 0 Å². The molecule has 21 heavy (non-hydrogen) atoms. The van der Waals surface area contributed by atoms with Crippen LogP contribution in [-0.2, 0) is 0 Å². The highest BCUT2D eigenvalue weighted by Gasteiger charge is 2.26. The lowest BCUT2D eigenvalue weighted by molar-refractivity contribution is 0.989. The maximum Gasteiger partial charge on any atom is 0.160 e. The van der Waals surface area contributed by atoms with Gasteiger partial charge in [0, 0.05) is 5.92 Å². The number of H-pyrrole nitrogens is 1. The van der Waals surface area contributed by atoms with Gasteiger partial charge in [-0.1, -0.05) is 30.3 Å². The number of aromatic amines is 1. The quantitative estimate of drug-likeness (QED) is 0.771. The van der Waals surface area contributed by atoms with E-state index >= 15 is 0 Å². The molecule has 0 aliphatic heterocycles. The van der Waals surface area contributed by atoms with Gasteiger partial charge in [-0.3, -0.25) is 0 Å². The van der Waals surface area contributed by atoms with Gasteiger partial charge in [0.05, 0.1) is 23.8 Å². The zero-order valence-electron chi connectivity index (χ0n) is 11.5. The van der Waals surface area contributed by atoms with Gasteiger partial charge in [0.15, 0.2) is 11.6 Å². The van der Waals surface area contributed by atoms with Crippen molar-refractivity contribution in [2.75, 3.05) is 5.73 Å². The van der Waals surface area contributed by atoms with Crippen molar-refractivity contribution < 1.29 is 0 Å². The van der Waals surface area contributed by atoms with Gasteiger partial charge in [-0.25, -0.2) is 15.0 Å². The zero-order valence-corrected chi connectivity index (χ0v) is 11.5. The molecule has 5 heteroatoms. The molecule has 0 atom stereocenters. The van der Waals surface area contributed by atoms with Gasteiger partial charge >= 0.3 is 0 Å². The van der Waals surface area contributed by atoms with Crippen LogP contribution in [-0.4, -0.2) is 19.9 Å². The van der Waals surface area contributed by atoms with Crippen LogP contribution >= 0.6 is 0 Å². The van der Waals surface area contributed by atoms with Crippen molar-refractivity contribution in [3.05, 3.63) is 48.4 Å². The molecule has 3 N–H and O–H groups in total. The maximum absolute atomic E-state index is 5.96. The van der Waals surface area contributed by atoms with E-state index in [1.54, 1.807) is 12.4 Å². The first-order chi connectivity index (χ1) is 10.3. The van der Waals surface area contributed by atoms with Crippen LogP contribution in [0.5, 0.6) is 0 Å². The largest absolute Gasteiger partial charge is 0.382 e. The molecule has 104 valence electrons. The second-order valence-electron chi connectivity index (χ2n) is 5.31. The van der Waals surface area contributed by atoms with E-state index in [9.17, 15) is 0 Å². The average Bonchev–Trinajstić information content (AvgIpc) is 3.26. The summed E-state index contributed by atoms with van der Waals surface area (Å²) in [6.07, 6.45) is 5.95. The van der Waals surface area contributed by atoms with E-state index in [1.807, 2.05) is 30.3 Å². The summed E-state index contributed by atoms with van der Waals surface area (Å²) in [5.41, 5.74) is 9.64. The van der Waals surface area contributed by atoms with Crippen LogP contribution in [0.3, 0.4) is 0 Å². The summed E-state index contributed by atoms with van der Waals surface area (Å²) in [7, 11) is 0. The van der Waals surface area contributed by atoms with Crippen molar-refractivity contribution in [1.29, 1.82) is 0 Å². The van der Waals surface area contributed by atoms with E-state index in [4.69, 9.17) is 5.73 Å². The minimum Gasteiger partial charge on any atom is -0.382 e. The summed E-state index contributed by atoms with van der Waals surface area (Å²) >= 11 is 0. The number of hydrogen-bond acceptors (Lipinski definition) is 4. The van der Waals surface area contributed by atoms with E-state index in [0.717, 1.165) is 17.0 Å². The molecular weight excluding hydrogens is 262 g/mol. The molecule has 1 aliphatic carbocycles. The third-order valence-corrected chi connectivity index (χ3v) is 3.70. The fourth-order valence-corrected chi connectivity index (χ4v) is 2.37. The molecule has 2 aromatic heterocycles. The summed E-state index contributed by atoms with van der Waals surface area (Å²) < 4.78 is 0. The number of imidazole rings is 1. The monoisotopic (exact) mass is 277 g/mol. The van der Waals surface area contributed by atoms with Crippen LogP contribution in [0.2, 0.25) is 0 Å². The fraction of sp³-hybridized carbons (Fsp3) is 0.188. The van der Waals surface area contributed by atoms with Crippen molar-refractivity contribution in [3.8, 4) is 22.8 Å². The number of anilines is 1. The topological polar surface area (TPSA) is 80.5 Å². The number of rotatable bonds is 3. The van der Waals surface area contributed by atoms with Crippen LogP contribution < -0.4 is 5.73 Å². The molecule has 0 unspecified atom stereocenters. The molecule has 4 rings (SSSR count). The number of nitrogens with one attached hydrogen (secondary N) is 1. The Labute approximate surface area is 122 Å². The SMILES string of the molecule is Nc1ncc(C2CC2)nc1-c1ncc(-c2ccccc2)[nH]1. The maximum atomic E-state index is 5.96. The summed E-state index contributed by atoms with van der Waals surface area (Å²) in [5, 5.41) is 0. The lowest BCUT2D eigenvalue weighted by Crippen LogP contribution is -2.01. The Morgan fingerprint density at radius 1 is 1.05 bits per heavy atom. The molecule has 0 saturated heterocycles. The van der Waals surface area contributed by atoms with E-state index in [1.165, 1.54) is 12.8 Å². The van der Waals surface area contributed by atoms with Gasteiger partial charge in [-0.15, -0.1) is 0 Å². The minimum absolute atomic E-state index is 0.411. The van der Waals surface area contributed by atoms with Crippen LogP contribution in [0.15, 0.2) is 42.7 Å². The van der Waals surface area contributed by atoms with Crippen molar-refractivity contribution in [2.24, 2.45) is 0 Å². The highest BCUT2D eigenvalue weighted by molar-refractivity contribution is 5.68. The molecule has 1 fully saturated rings. The third kappa shape index (κ3) is 2.27. The van der Waals surface area contributed by atoms with Gasteiger partial charge in [-0.05, 0) is 18.4 Å². The second kappa shape index (κ2) is 4.70. The summed E-state index contributed by atoms with van der Waals surface area (Å²) in [6, 6.07) is 10.1. The van der Waals surface area contributed by atoms with E-state index in [2.05, 4.69) is 19.9 Å². The van der Waals surface area contributed by atoms with Crippen LogP contribution in [0.1, 0.15) is 24.5 Å². The Morgan fingerprint density at radius 3 is 2.62 bits per heavy atom. The number of hydrogen-bond donors (Lipinski definition) is 2. The molecule has 0 radical (unpaired) electrons. The summed E-state index contributed by atoms with van der Waals surface area (Å²) in [6.45, 7) is 0. The number of aromatic nitrogens is 4. The van der Waals surface area contributed by atoms with Crippen LogP contribution in [0, 0.1) is 0 Å². The Balaban J connectivity index is 1.74. The first-order valence-corrected chi connectivity index (χ1v) is 7.04. The number of benzene rings is 1. The van der Waals surface area contributed by atoms with Gasteiger partial charge in [0.1, 0.15) is 5.69 Å². The van der Waals surface area contributed by atoms with E-state index in [0.29, 0.717) is 23.3 Å². The Hall–Kier alpha value is -2.69. The van der Waals surface area contributed by atoms with Gasteiger partial charge in [-0.2, -0.15) is 0 Å². The summed E-state index contributed by atoms with van der Waals surface area (Å²) in [5.74, 6) is 1.62. The molecule has 2 heterocycles. The molecular formula is C16H15N5. The Kier molecular flexibility index (Phi) is 2.70. The second-order valence-corrected chi connectivity index (χ2v) is 5.31. The molecule has 1 saturated carbocycles. The third-order valence-electron chi connectivity index (χ3n) is 3.70. The van der Waals surface area contributed by atoms with E-state index in [-0.39, 0.29) is 0 Å². The predicted molar refractivity (Wildman–Crippen MR) is 81.4 cm³/mol. The summed E-state index contributed by atoms with van der Waals surface area (Å²) in [4.78, 5) is 16.6. The zero-order chi connectivity index (χ0) is 14.2. The van der Waals surface area contributed by atoms with Crippen molar-refractivity contribution in [1.82, 2.24) is 19.9 Å². The lowest BCUT2D eigenvalue weighted by atomic mass is 10.2. The molecule has 0 spiro atoms. The molecule has 1 aromatic carbocycles. The lowest BCUT2D eigenvalue weighted by Gasteiger charge is -2.04.